The van der Waals surface area contributed by atoms with Gasteiger partial charge in [-0.15, -0.1) is 24.8 Å². The molecule has 0 aromatic rings. The Morgan fingerprint density at radius 3 is 2.58 bits per heavy atom. The van der Waals surface area contributed by atoms with E-state index in [0.717, 1.165) is 13.1 Å². The van der Waals surface area contributed by atoms with Crippen molar-refractivity contribution in [3.8, 4) is 0 Å². The van der Waals surface area contributed by atoms with Gasteiger partial charge in [0.05, 0.1) is 13.1 Å². The van der Waals surface area contributed by atoms with Crippen molar-refractivity contribution in [2.45, 2.75) is 44.2 Å². The van der Waals surface area contributed by atoms with Gasteiger partial charge in [0.2, 0.25) is 5.54 Å². The molecule has 0 aliphatic carbocycles. The molecule has 2 fully saturated rings. The van der Waals surface area contributed by atoms with E-state index < -0.39 is 5.54 Å². The number of fused-ring (bicyclic) bond motifs is 1. The summed E-state index contributed by atoms with van der Waals surface area (Å²) in [5.74, 6) is 0. The zero-order chi connectivity index (χ0) is 12.5. The molecule has 0 bridgehead atoms. The van der Waals surface area contributed by atoms with E-state index in [1.165, 1.54) is 19.3 Å². The van der Waals surface area contributed by atoms with Gasteiger partial charge >= 0.3 is 0 Å². The summed E-state index contributed by atoms with van der Waals surface area (Å²) >= 11 is 0. The third kappa shape index (κ3) is 3.94. The Morgan fingerprint density at radius 2 is 2.00 bits per heavy atom. The number of hydrogen-bond donors (Lipinski definition) is 0. The lowest BCUT2D eigenvalue weighted by atomic mass is 9.94. The van der Waals surface area contributed by atoms with E-state index in [0.29, 0.717) is 25.6 Å². The molecular formula is C12H25Cl2N3O2. The maximum atomic E-state index is 11.4. The second kappa shape index (κ2) is 7.62. The highest BCUT2D eigenvalue weighted by Gasteiger charge is 2.47. The van der Waals surface area contributed by atoms with Crippen molar-refractivity contribution in [3.63, 3.8) is 0 Å². The maximum absolute atomic E-state index is 11.4. The predicted molar refractivity (Wildman–Crippen MR) is 81.2 cm³/mol. The summed E-state index contributed by atoms with van der Waals surface area (Å²) in [5.41, 5.74) is -0.763. The fraction of sp³-hybridized carbons (Fsp3) is 1.00. The number of nitro groups is 1. The van der Waals surface area contributed by atoms with Crippen LogP contribution in [-0.4, -0.2) is 59.5 Å². The van der Waals surface area contributed by atoms with Gasteiger partial charge in [0.1, 0.15) is 0 Å². The Bertz CT molecular complexity index is 307. The van der Waals surface area contributed by atoms with Crippen LogP contribution in [0.2, 0.25) is 0 Å². The zero-order valence-electron chi connectivity index (χ0n) is 11.7. The fourth-order valence-corrected chi connectivity index (χ4v) is 3.30. The van der Waals surface area contributed by atoms with Gasteiger partial charge in [-0.05, 0) is 26.4 Å². The van der Waals surface area contributed by atoms with Crippen LogP contribution in [0.1, 0.15) is 32.6 Å². The molecule has 2 aliphatic rings. The third-order valence-corrected chi connectivity index (χ3v) is 4.38. The largest absolute Gasteiger partial charge is 0.298 e. The summed E-state index contributed by atoms with van der Waals surface area (Å²) < 4.78 is 0. The van der Waals surface area contributed by atoms with E-state index in [9.17, 15) is 10.1 Å². The van der Waals surface area contributed by atoms with E-state index in [4.69, 9.17) is 0 Å². The Labute approximate surface area is 127 Å². The molecule has 0 spiro atoms. The second-order valence-electron chi connectivity index (χ2n) is 5.65. The van der Waals surface area contributed by atoms with Crippen molar-refractivity contribution in [1.29, 1.82) is 0 Å². The summed E-state index contributed by atoms with van der Waals surface area (Å²) in [6.07, 6.45) is 4.28. The summed E-state index contributed by atoms with van der Waals surface area (Å²) in [5, 5.41) is 11.4. The summed E-state index contributed by atoms with van der Waals surface area (Å²) in [7, 11) is 2.02. The van der Waals surface area contributed by atoms with Gasteiger partial charge in [0, 0.05) is 23.9 Å². The molecular weight excluding hydrogens is 289 g/mol. The molecule has 7 heteroatoms. The quantitative estimate of drug-likeness (QED) is 0.578. The smallest absolute Gasteiger partial charge is 0.246 e. The highest BCUT2D eigenvalue weighted by atomic mass is 35.5. The lowest BCUT2D eigenvalue weighted by molar-refractivity contribution is -0.570. The molecule has 0 radical (unpaired) electrons. The molecule has 2 rings (SSSR count). The normalized spacial score (nSPS) is 32.4. The van der Waals surface area contributed by atoms with Gasteiger partial charge in [-0.2, -0.15) is 0 Å². The molecule has 2 heterocycles. The van der Waals surface area contributed by atoms with Crippen molar-refractivity contribution in [1.82, 2.24) is 9.80 Å². The molecule has 5 nitrogen and oxygen atoms in total. The number of piperidine rings is 1. The van der Waals surface area contributed by atoms with E-state index in [2.05, 4.69) is 9.80 Å². The molecule has 2 aliphatic heterocycles. The molecule has 0 N–H and O–H groups in total. The number of likely N-dealkylation sites (N-methyl/N-ethyl adjacent to an activating group) is 1. The number of nitrogens with zero attached hydrogens (tertiary/aromatic N) is 3. The van der Waals surface area contributed by atoms with Crippen LogP contribution in [0, 0.1) is 10.1 Å². The van der Waals surface area contributed by atoms with E-state index in [1.54, 1.807) is 0 Å². The van der Waals surface area contributed by atoms with Crippen molar-refractivity contribution in [2.75, 3.05) is 33.2 Å². The van der Waals surface area contributed by atoms with Gasteiger partial charge < -0.3 is 0 Å². The van der Waals surface area contributed by atoms with E-state index in [-0.39, 0.29) is 29.7 Å². The van der Waals surface area contributed by atoms with E-state index >= 15 is 0 Å². The maximum Gasteiger partial charge on any atom is 0.246 e. The van der Waals surface area contributed by atoms with E-state index in [1.807, 2.05) is 14.0 Å². The first-order chi connectivity index (χ1) is 8.07. The summed E-state index contributed by atoms with van der Waals surface area (Å²) in [6, 6.07) is 0.530. The van der Waals surface area contributed by atoms with Crippen LogP contribution in [0.3, 0.4) is 0 Å². The molecule has 0 saturated carbocycles. The van der Waals surface area contributed by atoms with Gasteiger partial charge in [0.15, 0.2) is 0 Å². The van der Waals surface area contributed by atoms with Crippen molar-refractivity contribution >= 4 is 24.8 Å². The molecule has 0 aromatic carbocycles. The molecule has 2 saturated heterocycles. The highest BCUT2D eigenvalue weighted by Crippen LogP contribution is 2.27. The first-order valence-electron chi connectivity index (χ1n) is 6.64. The Kier molecular flexibility index (Phi) is 7.58. The van der Waals surface area contributed by atoms with Gasteiger partial charge in [-0.25, -0.2) is 0 Å². The van der Waals surface area contributed by atoms with Crippen LogP contribution in [0.5, 0.6) is 0 Å². The minimum absolute atomic E-state index is 0. The molecule has 2 unspecified atom stereocenters. The molecule has 0 aromatic heterocycles. The SMILES string of the molecule is CCC1([N+](=O)[O-])CN(C)CC2CCCCN2C1.Cl.Cl. The fourth-order valence-electron chi connectivity index (χ4n) is 3.30. The first kappa shape index (κ1) is 18.9. The molecule has 2 atom stereocenters. The summed E-state index contributed by atoms with van der Waals surface area (Å²) in [6.45, 7) is 5.18. The predicted octanol–water partition coefficient (Wildman–Crippen LogP) is 2.06. The third-order valence-electron chi connectivity index (χ3n) is 4.38. The Balaban J connectivity index is 0.00000162. The topological polar surface area (TPSA) is 49.6 Å². The second-order valence-corrected chi connectivity index (χ2v) is 5.65. The van der Waals surface area contributed by atoms with Gasteiger partial charge in [-0.1, -0.05) is 13.3 Å². The lowest BCUT2D eigenvalue weighted by Crippen LogP contribution is -2.53. The van der Waals surface area contributed by atoms with Crippen LogP contribution in [-0.2, 0) is 0 Å². The minimum atomic E-state index is -0.763. The van der Waals surface area contributed by atoms with Crippen LogP contribution in [0.25, 0.3) is 0 Å². The van der Waals surface area contributed by atoms with Crippen LogP contribution < -0.4 is 0 Å². The lowest BCUT2D eigenvalue weighted by Gasteiger charge is -2.36. The minimum Gasteiger partial charge on any atom is -0.298 e. The number of rotatable bonds is 2. The number of halogens is 2. The zero-order valence-corrected chi connectivity index (χ0v) is 13.3. The van der Waals surface area contributed by atoms with Crippen LogP contribution in [0.15, 0.2) is 0 Å². The first-order valence-corrected chi connectivity index (χ1v) is 6.64. The van der Waals surface area contributed by atoms with Crippen LogP contribution >= 0.6 is 24.8 Å². The Hall–Kier alpha value is -0.100. The number of hydrogen-bond acceptors (Lipinski definition) is 4. The molecule has 0 amide bonds. The van der Waals surface area contributed by atoms with Crippen molar-refractivity contribution < 1.29 is 4.92 Å². The van der Waals surface area contributed by atoms with Crippen LogP contribution in [0.4, 0.5) is 0 Å². The monoisotopic (exact) mass is 313 g/mol. The highest BCUT2D eigenvalue weighted by molar-refractivity contribution is 5.85. The van der Waals surface area contributed by atoms with Crippen molar-refractivity contribution in [2.24, 2.45) is 0 Å². The summed E-state index contributed by atoms with van der Waals surface area (Å²) in [4.78, 5) is 15.9. The Morgan fingerprint density at radius 1 is 1.32 bits per heavy atom. The average Bonchev–Trinajstić information content (AvgIpc) is 2.44. The standard InChI is InChI=1S/C12H23N3O2.2ClH/c1-3-12(15(16)17)9-13(2)8-11-6-4-5-7-14(11)10-12;;/h11H,3-10H2,1-2H3;2*1H. The molecule has 114 valence electrons. The van der Waals surface area contributed by atoms with Gasteiger partial charge in [-0.3, -0.25) is 19.9 Å². The average molecular weight is 314 g/mol. The van der Waals surface area contributed by atoms with Crippen molar-refractivity contribution in [3.05, 3.63) is 10.1 Å². The van der Waals surface area contributed by atoms with Gasteiger partial charge in [0.25, 0.3) is 0 Å². The molecule has 19 heavy (non-hydrogen) atoms.